The first-order valence-electron chi connectivity index (χ1n) is 12.5. The number of benzene rings is 2. The van der Waals surface area contributed by atoms with Crippen LogP contribution in [0.5, 0.6) is 11.5 Å². The molecule has 2 unspecified atom stereocenters. The van der Waals surface area contributed by atoms with Gasteiger partial charge >= 0.3 is 0 Å². The summed E-state index contributed by atoms with van der Waals surface area (Å²) in [7, 11) is 3.18. The maximum Gasteiger partial charge on any atom is 0.256 e. The second-order valence-electron chi connectivity index (χ2n) is 9.58. The Labute approximate surface area is 210 Å². The zero-order valence-electron chi connectivity index (χ0n) is 20.6. The number of ether oxygens (including phenoxy) is 2. The largest absolute Gasteiger partial charge is 0.497 e. The Kier molecular flexibility index (Phi) is 6.82. The molecule has 36 heavy (non-hydrogen) atoms. The van der Waals surface area contributed by atoms with Crippen LogP contribution >= 0.6 is 0 Å². The number of amides is 3. The fourth-order valence-electron chi connectivity index (χ4n) is 5.40. The van der Waals surface area contributed by atoms with Crippen molar-refractivity contribution in [2.24, 2.45) is 5.92 Å². The van der Waals surface area contributed by atoms with Gasteiger partial charge in [0.15, 0.2) is 0 Å². The van der Waals surface area contributed by atoms with E-state index >= 15 is 0 Å². The molecule has 3 amide bonds. The van der Waals surface area contributed by atoms with Crippen molar-refractivity contribution in [3.8, 4) is 22.6 Å². The fourth-order valence-corrected chi connectivity index (χ4v) is 5.40. The predicted octanol–water partition coefficient (Wildman–Crippen LogP) is 2.41. The molecule has 3 aliphatic rings. The second-order valence-corrected chi connectivity index (χ2v) is 9.58. The molecule has 2 fully saturated rings. The first-order chi connectivity index (χ1) is 17.5. The topological polar surface area (TPSA) is 109 Å². The summed E-state index contributed by atoms with van der Waals surface area (Å²) in [6, 6.07) is 10.2. The van der Waals surface area contributed by atoms with Gasteiger partial charge in [-0.2, -0.15) is 0 Å². The molecule has 0 bridgehead atoms. The van der Waals surface area contributed by atoms with E-state index in [0.29, 0.717) is 42.1 Å². The van der Waals surface area contributed by atoms with Gasteiger partial charge < -0.3 is 30.3 Å². The summed E-state index contributed by atoms with van der Waals surface area (Å²) in [6.45, 7) is 2.10. The van der Waals surface area contributed by atoms with Gasteiger partial charge in [-0.15, -0.1) is 0 Å². The van der Waals surface area contributed by atoms with Crippen LogP contribution < -0.4 is 25.4 Å². The van der Waals surface area contributed by atoms with Gasteiger partial charge in [0.05, 0.1) is 25.5 Å². The zero-order chi connectivity index (χ0) is 25.2. The molecule has 3 aliphatic heterocycles. The third kappa shape index (κ3) is 4.63. The van der Waals surface area contributed by atoms with Crippen LogP contribution in [0.25, 0.3) is 11.1 Å². The molecule has 2 aromatic carbocycles. The summed E-state index contributed by atoms with van der Waals surface area (Å²) in [5.74, 6) is 0.945. The minimum Gasteiger partial charge on any atom is -0.497 e. The predicted molar refractivity (Wildman–Crippen MR) is 135 cm³/mol. The highest BCUT2D eigenvalue weighted by Gasteiger charge is 2.40. The lowest BCUT2D eigenvalue weighted by atomic mass is 9.93. The maximum atomic E-state index is 13.6. The first-order valence-corrected chi connectivity index (χ1v) is 12.5. The molecule has 0 radical (unpaired) electrons. The Balaban J connectivity index is 1.36. The summed E-state index contributed by atoms with van der Waals surface area (Å²) in [4.78, 5) is 41.2. The summed E-state index contributed by atoms with van der Waals surface area (Å²) >= 11 is 0. The highest BCUT2D eigenvalue weighted by Crippen LogP contribution is 2.37. The van der Waals surface area contributed by atoms with Gasteiger partial charge in [0, 0.05) is 30.1 Å². The highest BCUT2D eigenvalue weighted by atomic mass is 16.5. The molecular formula is C27H32N4O5. The van der Waals surface area contributed by atoms with Gasteiger partial charge in [-0.25, -0.2) is 0 Å². The number of carbonyl (C=O) groups is 3. The molecule has 0 saturated carbocycles. The number of carbonyl (C=O) groups excluding carboxylic acids is 3. The normalized spacial score (nSPS) is 22.1. The van der Waals surface area contributed by atoms with E-state index in [1.165, 1.54) is 0 Å². The molecule has 2 aromatic rings. The molecule has 190 valence electrons. The number of hydrogen-bond donors (Lipinski definition) is 3. The number of fused-ring (bicyclic) bond motifs is 2. The van der Waals surface area contributed by atoms with Gasteiger partial charge in [0.1, 0.15) is 17.5 Å². The minimum absolute atomic E-state index is 0.00601. The summed E-state index contributed by atoms with van der Waals surface area (Å²) in [5, 5.41) is 9.36. The molecule has 9 heteroatoms. The van der Waals surface area contributed by atoms with Crippen LogP contribution in [0.3, 0.4) is 0 Å². The number of hydrogen-bond acceptors (Lipinski definition) is 6. The summed E-state index contributed by atoms with van der Waals surface area (Å²) in [6.07, 6.45) is 2.67. The van der Waals surface area contributed by atoms with E-state index in [1.807, 2.05) is 18.2 Å². The van der Waals surface area contributed by atoms with Crippen molar-refractivity contribution in [1.29, 1.82) is 0 Å². The third-order valence-corrected chi connectivity index (χ3v) is 7.45. The number of methoxy groups -OCH3 is 2. The van der Waals surface area contributed by atoms with Crippen LogP contribution in [0.1, 0.15) is 36.0 Å². The van der Waals surface area contributed by atoms with E-state index in [9.17, 15) is 14.4 Å². The van der Waals surface area contributed by atoms with Gasteiger partial charge in [0.2, 0.25) is 11.8 Å². The summed E-state index contributed by atoms with van der Waals surface area (Å²) in [5.41, 5.74) is 2.56. The number of rotatable bonds is 5. The quantitative estimate of drug-likeness (QED) is 0.592. The van der Waals surface area contributed by atoms with E-state index in [1.54, 1.807) is 37.3 Å². The average Bonchev–Trinajstić information content (AvgIpc) is 3.02. The smallest absolute Gasteiger partial charge is 0.256 e. The average molecular weight is 493 g/mol. The lowest BCUT2D eigenvalue weighted by Crippen LogP contribution is -2.55. The van der Waals surface area contributed by atoms with Crippen molar-refractivity contribution in [3.63, 3.8) is 0 Å². The van der Waals surface area contributed by atoms with Crippen LogP contribution in [0, 0.1) is 5.92 Å². The van der Waals surface area contributed by atoms with Crippen molar-refractivity contribution >= 4 is 23.4 Å². The van der Waals surface area contributed by atoms with E-state index in [4.69, 9.17) is 9.47 Å². The molecule has 5 rings (SSSR count). The molecule has 0 aromatic heterocycles. The van der Waals surface area contributed by atoms with Gasteiger partial charge in [-0.05, 0) is 68.6 Å². The number of nitrogens with zero attached hydrogens (tertiary/aromatic N) is 1. The Morgan fingerprint density at radius 2 is 1.81 bits per heavy atom. The van der Waals surface area contributed by atoms with Crippen LogP contribution in [-0.2, 0) is 9.59 Å². The molecule has 0 spiro atoms. The lowest BCUT2D eigenvalue weighted by molar-refractivity contribution is -0.128. The molecule has 2 saturated heterocycles. The van der Waals surface area contributed by atoms with Crippen molar-refractivity contribution in [1.82, 2.24) is 15.5 Å². The number of piperidine rings is 2. The maximum absolute atomic E-state index is 13.6. The second kappa shape index (κ2) is 10.2. The van der Waals surface area contributed by atoms with Gasteiger partial charge in [-0.3, -0.25) is 14.4 Å². The van der Waals surface area contributed by atoms with E-state index in [2.05, 4.69) is 16.0 Å². The Morgan fingerprint density at radius 3 is 2.56 bits per heavy atom. The Bertz CT molecular complexity index is 1180. The number of nitrogens with one attached hydrogen (secondary N) is 3. The molecule has 3 N–H and O–H groups in total. The zero-order valence-corrected chi connectivity index (χ0v) is 20.6. The molecule has 0 aliphatic carbocycles. The first kappa shape index (κ1) is 24.1. The molecule has 9 nitrogen and oxygen atoms in total. The monoisotopic (exact) mass is 492 g/mol. The van der Waals surface area contributed by atoms with E-state index in [-0.39, 0.29) is 29.7 Å². The molecule has 3 heterocycles. The van der Waals surface area contributed by atoms with Crippen molar-refractivity contribution in [2.75, 3.05) is 39.2 Å². The van der Waals surface area contributed by atoms with Crippen LogP contribution in [-0.4, -0.2) is 68.6 Å². The van der Waals surface area contributed by atoms with E-state index < -0.39 is 6.04 Å². The molecule has 2 atom stereocenters. The van der Waals surface area contributed by atoms with Crippen molar-refractivity contribution in [2.45, 2.75) is 37.8 Å². The van der Waals surface area contributed by atoms with Crippen molar-refractivity contribution in [3.05, 3.63) is 42.0 Å². The molecular weight excluding hydrogens is 460 g/mol. The van der Waals surface area contributed by atoms with Crippen molar-refractivity contribution < 1.29 is 23.9 Å². The van der Waals surface area contributed by atoms with E-state index in [0.717, 1.165) is 37.1 Å². The summed E-state index contributed by atoms with van der Waals surface area (Å²) < 4.78 is 10.8. The Hall–Kier alpha value is -3.59. The third-order valence-electron chi connectivity index (χ3n) is 7.45. The highest BCUT2D eigenvalue weighted by molar-refractivity contribution is 6.10. The van der Waals surface area contributed by atoms with Crippen LogP contribution in [0.2, 0.25) is 0 Å². The SMILES string of the molecule is COc1ccc(-c2ccc3c(c2)C(=O)N2CCC(NC(=O)C4CCNCC4)CC2C(=O)N3)c(OC)c1. The lowest BCUT2D eigenvalue weighted by Gasteiger charge is -2.38. The Morgan fingerprint density at radius 1 is 1.00 bits per heavy atom. The van der Waals surface area contributed by atoms with Gasteiger partial charge in [0.25, 0.3) is 5.91 Å². The number of anilines is 1. The van der Waals surface area contributed by atoms with Crippen LogP contribution in [0.15, 0.2) is 36.4 Å². The fraction of sp³-hybridized carbons (Fsp3) is 0.444. The van der Waals surface area contributed by atoms with Gasteiger partial charge in [-0.1, -0.05) is 6.07 Å². The standard InChI is InChI=1S/C27H32N4O5/c1-35-19-4-5-20(24(15-19)36-2)17-3-6-22-21(13-17)27(34)31-12-9-18(14-23(31)26(33)30-22)29-25(32)16-7-10-28-11-8-16/h3-6,13,15-16,18,23,28H,7-12,14H2,1-2H3,(H,29,32)(H,30,33). The minimum atomic E-state index is -0.629. The van der Waals surface area contributed by atoms with Crippen LogP contribution in [0.4, 0.5) is 5.69 Å².